The Morgan fingerprint density at radius 3 is 2.50 bits per heavy atom. The number of rotatable bonds is 4. The van der Waals surface area contributed by atoms with Crippen molar-refractivity contribution in [3.63, 3.8) is 0 Å². The molecule has 0 saturated heterocycles. The zero-order valence-electron chi connectivity index (χ0n) is 13.8. The lowest BCUT2D eigenvalue weighted by atomic mass is 9.64. The van der Waals surface area contributed by atoms with Crippen molar-refractivity contribution in [2.24, 2.45) is 21.9 Å². The largest absolute Gasteiger partial charge is 0.466 e. The maximum absolute atomic E-state index is 12.5. The van der Waals surface area contributed by atoms with Crippen LogP contribution in [0.2, 0.25) is 0 Å². The van der Waals surface area contributed by atoms with E-state index in [-0.39, 0.29) is 17.3 Å². The minimum absolute atomic E-state index is 0.00862. The van der Waals surface area contributed by atoms with Gasteiger partial charge in [0.15, 0.2) is 0 Å². The first-order chi connectivity index (χ1) is 10.4. The highest BCUT2D eigenvalue weighted by Crippen LogP contribution is 2.57. The summed E-state index contributed by atoms with van der Waals surface area (Å²) in [5, 5.41) is 13.1. The Morgan fingerprint density at radius 2 is 1.95 bits per heavy atom. The van der Waals surface area contributed by atoms with Crippen molar-refractivity contribution >= 4 is 11.7 Å². The summed E-state index contributed by atoms with van der Waals surface area (Å²) in [5.41, 5.74) is 0.629. The topological polar surface area (TPSA) is 58.9 Å². The molecule has 1 saturated carbocycles. The summed E-state index contributed by atoms with van der Waals surface area (Å²) in [6, 6.07) is 9.65. The van der Waals surface area contributed by atoms with Crippen molar-refractivity contribution in [3.8, 4) is 0 Å². The van der Waals surface area contributed by atoms with Crippen LogP contribution < -0.4 is 0 Å². The van der Waals surface area contributed by atoms with E-state index < -0.39 is 5.41 Å². The molecule has 1 aliphatic carbocycles. The Kier molecular flexibility index (Phi) is 4.59. The lowest BCUT2D eigenvalue weighted by Gasteiger charge is -2.39. The van der Waals surface area contributed by atoms with E-state index in [1.807, 2.05) is 44.2 Å². The Bertz CT molecular complexity index is 565. The van der Waals surface area contributed by atoms with Crippen LogP contribution in [0.3, 0.4) is 0 Å². The molecule has 0 heterocycles. The van der Waals surface area contributed by atoms with Gasteiger partial charge < -0.3 is 9.94 Å². The fourth-order valence-corrected chi connectivity index (χ4v) is 3.57. The van der Waals surface area contributed by atoms with Gasteiger partial charge in [-0.25, -0.2) is 0 Å². The summed E-state index contributed by atoms with van der Waals surface area (Å²) < 4.78 is 5.29. The van der Waals surface area contributed by atoms with Gasteiger partial charge in [-0.2, -0.15) is 0 Å². The van der Waals surface area contributed by atoms with E-state index in [0.29, 0.717) is 12.3 Å². The van der Waals surface area contributed by atoms with Gasteiger partial charge in [0.05, 0.1) is 17.7 Å². The number of oxime groups is 1. The van der Waals surface area contributed by atoms with Gasteiger partial charge in [0, 0.05) is 5.92 Å². The number of hydrogen-bond acceptors (Lipinski definition) is 4. The van der Waals surface area contributed by atoms with E-state index in [4.69, 9.17) is 4.74 Å². The summed E-state index contributed by atoms with van der Waals surface area (Å²) in [6.07, 6.45) is 1.53. The van der Waals surface area contributed by atoms with E-state index >= 15 is 0 Å². The summed E-state index contributed by atoms with van der Waals surface area (Å²) >= 11 is 0. The molecule has 0 spiro atoms. The SMILES string of the molecule is CCOC(=O)C1(C)CCC(/C(=N/O)c2ccccc2)C1(C)C. The number of nitrogens with zero attached hydrogens (tertiary/aromatic N) is 1. The molecule has 1 aromatic carbocycles. The highest BCUT2D eigenvalue weighted by atomic mass is 16.5. The maximum Gasteiger partial charge on any atom is 0.312 e. The molecule has 4 nitrogen and oxygen atoms in total. The first-order valence-electron chi connectivity index (χ1n) is 7.83. The van der Waals surface area contributed by atoms with Crippen LogP contribution in [0.1, 0.15) is 46.1 Å². The van der Waals surface area contributed by atoms with E-state index in [1.165, 1.54) is 0 Å². The van der Waals surface area contributed by atoms with Gasteiger partial charge in [-0.3, -0.25) is 4.79 Å². The van der Waals surface area contributed by atoms with Crippen molar-refractivity contribution in [1.29, 1.82) is 0 Å². The van der Waals surface area contributed by atoms with Crippen LogP contribution in [0, 0.1) is 16.7 Å². The molecular formula is C18H25NO3. The highest BCUT2D eigenvalue weighted by Gasteiger charge is 2.58. The third kappa shape index (κ3) is 2.51. The fourth-order valence-electron chi connectivity index (χ4n) is 3.57. The normalized spacial score (nSPS) is 27.6. The number of carbonyl (C=O) groups excluding carboxylic acids is 1. The number of hydrogen-bond donors (Lipinski definition) is 1. The molecule has 0 bridgehead atoms. The molecule has 1 aromatic rings. The van der Waals surface area contributed by atoms with E-state index in [9.17, 15) is 10.0 Å². The first-order valence-corrected chi connectivity index (χ1v) is 7.83. The van der Waals surface area contributed by atoms with Crippen LogP contribution in [0.25, 0.3) is 0 Å². The van der Waals surface area contributed by atoms with Crippen LogP contribution in [0.15, 0.2) is 35.5 Å². The molecule has 0 amide bonds. The van der Waals surface area contributed by atoms with Crippen LogP contribution >= 0.6 is 0 Å². The Hall–Kier alpha value is -1.84. The van der Waals surface area contributed by atoms with Crippen molar-refractivity contribution < 1.29 is 14.7 Å². The molecule has 0 radical (unpaired) electrons. The average Bonchev–Trinajstić information content (AvgIpc) is 2.74. The minimum Gasteiger partial charge on any atom is -0.466 e. The Morgan fingerprint density at radius 1 is 1.32 bits per heavy atom. The van der Waals surface area contributed by atoms with Crippen molar-refractivity contribution in [1.82, 2.24) is 0 Å². The zero-order chi connectivity index (χ0) is 16.4. The third-order valence-corrected chi connectivity index (χ3v) is 5.46. The number of esters is 1. The second-order valence-electron chi connectivity index (χ2n) is 6.72. The molecule has 1 N–H and O–H groups in total. The van der Waals surface area contributed by atoms with Gasteiger partial charge in [0.2, 0.25) is 0 Å². The van der Waals surface area contributed by atoms with E-state index in [0.717, 1.165) is 18.4 Å². The monoisotopic (exact) mass is 303 g/mol. The molecule has 0 aromatic heterocycles. The number of carbonyl (C=O) groups is 1. The van der Waals surface area contributed by atoms with Crippen LogP contribution in [-0.2, 0) is 9.53 Å². The first kappa shape index (κ1) is 16.5. The lowest BCUT2D eigenvalue weighted by molar-refractivity contribution is -0.160. The van der Waals surface area contributed by atoms with Gasteiger partial charge in [-0.15, -0.1) is 0 Å². The van der Waals surface area contributed by atoms with E-state index in [2.05, 4.69) is 19.0 Å². The number of ether oxygens (including phenoxy) is 1. The summed E-state index contributed by atoms with van der Waals surface area (Å²) in [4.78, 5) is 12.5. The standard InChI is InChI=1S/C18H25NO3/c1-5-22-16(20)18(4)12-11-14(17(18,2)3)15(19-21)13-9-7-6-8-10-13/h6-10,14,21H,5,11-12H2,1-4H3/b19-15+. The summed E-state index contributed by atoms with van der Waals surface area (Å²) in [6.45, 7) is 8.30. The zero-order valence-corrected chi connectivity index (χ0v) is 13.8. The van der Waals surface area contributed by atoms with Gasteiger partial charge in [0.25, 0.3) is 0 Å². The van der Waals surface area contributed by atoms with Crippen molar-refractivity contribution in [2.75, 3.05) is 6.61 Å². The molecule has 1 aliphatic rings. The quantitative estimate of drug-likeness (QED) is 0.397. The van der Waals surface area contributed by atoms with E-state index in [1.54, 1.807) is 0 Å². The lowest BCUT2D eigenvalue weighted by Crippen LogP contribution is -2.43. The fraction of sp³-hybridized carbons (Fsp3) is 0.556. The average molecular weight is 303 g/mol. The molecule has 2 unspecified atom stereocenters. The van der Waals surface area contributed by atoms with Crippen molar-refractivity contribution in [2.45, 2.75) is 40.5 Å². The maximum atomic E-state index is 12.5. The second kappa shape index (κ2) is 6.11. The van der Waals surface area contributed by atoms with Crippen LogP contribution in [0.4, 0.5) is 0 Å². The predicted octanol–water partition coefficient (Wildman–Crippen LogP) is 3.87. The van der Waals surface area contributed by atoms with Crippen molar-refractivity contribution in [3.05, 3.63) is 35.9 Å². The van der Waals surface area contributed by atoms with Gasteiger partial charge in [-0.1, -0.05) is 49.3 Å². The molecule has 120 valence electrons. The minimum atomic E-state index is -0.571. The van der Waals surface area contributed by atoms with Gasteiger partial charge in [-0.05, 0) is 37.7 Å². The second-order valence-corrected chi connectivity index (χ2v) is 6.72. The highest BCUT2D eigenvalue weighted by molar-refractivity contribution is 6.03. The van der Waals surface area contributed by atoms with Crippen LogP contribution in [0.5, 0.6) is 0 Å². The van der Waals surface area contributed by atoms with Gasteiger partial charge in [0.1, 0.15) is 0 Å². The summed E-state index contributed by atoms with van der Waals surface area (Å²) in [7, 11) is 0. The Balaban J connectivity index is 2.36. The molecular weight excluding hydrogens is 278 g/mol. The molecule has 4 heteroatoms. The molecule has 1 fully saturated rings. The Labute approximate surface area is 132 Å². The van der Waals surface area contributed by atoms with Gasteiger partial charge >= 0.3 is 5.97 Å². The third-order valence-electron chi connectivity index (χ3n) is 5.46. The summed E-state index contributed by atoms with van der Waals surface area (Å²) in [5.74, 6) is -0.151. The predicted molar refractivity (Wildman–Crippen MR) is 86.0 cm³/mol. The molecule has 2 atom stereocenters. The van der Waals surface area contributed by atoms with Crippen LogP contribution in [-0.4, -0.2) is 23.5 Å². The molecule has 2 rings (SSSR count). The molecule has 22 heavy (non-hydrogen) atoms. The molecule has 0 aliphatic heterocycles. The smallest absolute Gasteiger partial charge is 0.312 e. The number of benzene rings is 1.